The van der Waals surface area contributed by atoms with Gasteiger partial charge in [0.2, 0.25) is 0 Å². The van der Waals surface area contributed by atoms with E-state index in [0.29, 0.717) is 18.6 Å². The van der Waals surface area contributed by atoms with Crippen molar-refractivity contribution in [3.05, 3.63) is 35.6 Å². The van der Waals surface area contributed by atoms with Crippen molar-refractivity contribution in [3.8, 4) is 0 Å². The van der Waals surface area contributed by atoms with Gasteiger partial charge in [-0.05, 0) is 58.9 Å². The lowest BCUT2D eigenvalue weighted by atomic mass is 10.1. The van der Waals surface area contributed by atoms with Gasteiger partial charge in [0.15, 0.2) is 0 Å². The summed E-state index contributed by atoms with van der Waals surface area (Å²) >= 11 is 0. The Morgan fingerprint density at radius 2 is 1.65 bits per heavy atom. The lowest BCUT2D eigenvalue weighted by molar-refractivity contribution is -0.0474. The Labute approximate surface area is 120 Å². The summed E-state index contributed by atoms with van der Waals surface area (Å²) in [5, 5.41) is 0. The van der Waals surface area contributed by atoms with E-state index in [9.17, 15) is 9.18 Å². The Hall–Kier alpha value is -1.42. The molecule has 4 heteroatoms. The van der Waals surface area contributed by atoms with E-state index in [1.807, 2.05) is 34.6 Å². The standard InChI is InChI=1S/C16H23FO3/c1-15(2,3)19-11-10-16(4,5)20-14(18)12-6-8-13(17)9-7-12/h6-9H,10-11H2,1-5H3. The first-order valence-corrected chi connectivity index (χ1v) is 6.72. The fourth-order valence-corrected chi connectivity index (χ4v) is 1.55. The average molecular weight is 282 g/mol. The van der Waals surface area contributed by atoms with Gasteiger partial charge in [0, 0.05) is 6.42 Å². The van der Waals surface area contributed by atoms with Gasteiger partial charge >= 0.3 is 5.97 Å². The number of benzene rings is 1. The second-order valence-electron chi connectivity index (χ2n) is 6.37. The van der Waals surface area contributed by atoms with E-state index < -0.39 is 11.6 Å². The highest BCUT2D eigenvalue weighted by Gasteiger charge is 2.24. The smallest absolute Gasteiger partial charge is 0.338 e. The Morgan fingerprint density at radius 3 is 2.15 bits per heavy atom. The monoisotopic (exact) mass is 282 g/mol. The molecule has 0 radical (unpaired) electrons. The molecule has 0 aliphatic rings. The number of esters is 1. The fourth-order valence-electron chi connectivity index (χ4n) is 1.55. The van der Waals surface area contributed by atoms with Crippen LogP contribution in [-0.2, 0) is 9.47 Å². The first kappa shape index (κ1) is 16.6. The molecule has 0 heterocycles. The average Bonchev–Trinajstić information content (AvgIpc) is 2.26. The van der Waals surface area contributed by atoms with Crippen molar-refractivity contribution in [2.75, 3.05) is 6.61 Å². The second-order valence-corrected chi connectivity index (χ2v) is 6.37. The van der Waals surface area contributed by atoms with Crippen molar-refractivity contribution >= 4 is 5.97 Å². The van der Waals surface area contributed by atoms with Gasteiger partial charge in [-0.3, -0.25) is 0 Å². The third-order valence-corrected chi connectivity index (χ3v) is 2.69. The van der Waals surface area contributed by atoms with Crippen LogP contribution in [0.5, 0.6) is 0 Å². The molecule has 1 aromatic carbocycles. The molecule has 0 spiro atoms. The molecule has 0 bridgehead atoms. The van der Waals surface area contributed by atoms with Crippen LogP contribution < -0.4 is 0 Å². The van der Waals surface area contributed by atoms with E-state index in [1.165, 1.54) is 24.3 Å². The third kappa shape index (κ3) is 6.15. The van der Waals surface area contributed by atoms with Crippen molar-refractivity contribution < 1.29 is 18.7 Å². The van der Waals surface area contributed by atoms with Crippen molar-refractivity contribution in [3.63, 3.8) is 0 Å². The van der Waals surface area contributed by atoms with Crippen LogP contribution in [0.1, 0.15) is 51.4 Å². The number of halogens is 1. The quantitative estimate of drug-likeness (QED) is 0.767. The summed E-state index contributed by atoms with van der Waals surface area (Å²) in [5.74, 6) is -0.829. The Kier molecular flexibility index (Phi) is 5.28. The molecule has 0 saturated carbocycles. The summed E-state index contributed by atoms with van der Waals surface area (Å²) in [6.07, 6.45) is 0.594. The zero-order valence-corrected chi connectivity index (χ0v) is 12.8. The summed E-state index contributed by atoms with van der Waals surface area (Å²) in [5.41, 5.74) is -0.496. The molecule has 0 aliphatic heterocycles. The minimum Gasteiger partial charge on any atom is -0.456 e. The van der Waals surface area contributed by atoms with Crippen molar-refractivity contribution in [2.24, 2.45) is 0 Å². The Bertz CT molecular complexity index is 444. The van der Waals surface area contributed by atoms with Crippen LogP contribution in [-0.4, -0.2) is 23.8 Å². The van der Waals surface area contributed by atoms with Crippen LogP contribution in [0.25, 0.3) is 0 Å². The lowest BCUT2D eigenvalue weighted by Gasteiger charge is -2.27. The van der Waals surface area contributed by atoms with Crippen LogP contribution in [0.15, 0.2) is 24.3 Å². The van der Waals surface area contributed by atoms with Crippen molar-refractivity contribution in [1.29, 1.82) is 0 Å². The van der Waals surface area contributed by atoms with Gasteiger partial charge in [0.1, 0.15) is 11.4 Å². The van der Waals surface area contributed by atoms with E-state index in [0.717, 1.165) is 0 Å². The van der Waals surface area contributed by atoms with Crippen molar-refractivity contribution in [1.82, 2.24) is 0 Å². The number of hydrogen-bond donors (Lipinski definition) is 0. The fraction of sp³-hybridized carbons (Fsp3) is 0.562. The molecule has 0 N–H and O–H groups in total. The number of ether oxygens (including phenoxy) is 2. The SMILES string of the molecule is CC(C)(C)OCCC(C)(C)OC(=O)c1ccc(F)cc1. The molecule has 1 rings (SSSR count). The van der Waals surface area contributed by atoms with E-state index >= 15 is 0 Å². The van der Waals surface area contributed by atoms with Gasteiger partial charge in [-0.2, -0.15) is 0 Å². The maximum absolute atomic E-state index is 12.8. The molecular weight excluding hydrogens is 259 g/mol. The van der Waals surface area contributed by atoms with E-state index in [2.05, 4.69) is 0 Å². The molecule has 0 saturated heterocycles. The summed E-state index contributed by atoms with van der Waals surface area (Å²) in [6.45, 7) is 10.1. The molecular formula is C16H23FO3. The van der Waals surface area contributed by atoms with Crippen LogP contribution in [0.4, 0.5) is 4.39 Å². The van der Waals surface area contributed by atoms with Gasteiger partial charge in [-0.25, -0.2) is 9.18 Å². The van der Waals surface area contributed by atoms with Gasteiger partial charge in [0.05, 0.1) is 17.8 Å². The zero-order valence-electron chi connectivity index (χ0n) is 12.8. The first-order chi connectivity index (χ1) is 9.09. The maximum Gasteiger partial charge on any atom is 0.338 e. The number of hydrogen-bond acceptors (Lipinski definition) is 3. The maximum atomic E-state index is 12.8. The van der Waals surface area contributed by atoms with E-state index in [4.69, 9.17) is 9.47 Å². The van der Waals surface area contributed by atoms with Gasteiger partial charge in [-0.1, -0.05) is 0 Å². The Balaban J connectivity index is 2.53. The largest absolute Gasteiger partial charge is 0.456 e. The van der Waals surface area contributed by atoms with Crippen LogP contribution >= 0.6 is 0 Å². The molecule has 112 valence electrons. The number of carbonyl (C=O) groups excluding carboxylic acids is 1. The summed E-state index contributed by atoms with van der Waals surface area (Å²) in [6, 6.07) is 5.32. The van der Waals surface area contributed by atoms with Crippen LogP contribution in [0, 0.1) is 5.82 Å². The highest BCUT2D eigenvalue weighted by atomic mass is 19.1. The number of carbonyl (C=O) groups is 1. The molecule has 20 heavy (non-hydrogen) atoms. The zero-order chi connectivity index (χ0) is 15.4. The van der Waals surface area contributed by atoms with Gasteiger partial charge in [-0.15, -0.1) is 0 Å². The minimum absolute atomic E-state index is 0.211. The third-order valence-electron chi connectivity index (χ3n) is 2.69. The molecule has 0 aromatic heterocycles. The van der Waals surface area contributed by atoms with Gasteiger partial charge in [0.25, 0.3) is 0 Å². The summed E-state index contributed by atoms with van der Waals surface area (Å²) in [7, 11) is 0. The molecule has 0 amide bonds. The highest BCUT2D eigenvalue weighted by molar-refractivity contribution is 5.89. The first-order valence-electron chi connectivity index (χ1n) is 6.72. The van der Waals surface area contributed by atoms with Crippen LogP contribution in [0.3, 0.4) is 0 Å². The normalized spacial score (nSPS) is 12.3. The van der Waals surface area contributed by atoms with Gasteiger partial charge < -0.3 is 9.47 Å². The molecule has 0 fully saturated rings. The molecule has 0 unspecified atom stereocenters. The predicted octanol–water partition coefficient (Wildman–Crippen LogP) is 3.97. The van der Waals surface area contributed by atoms with E-state index in [-0.39, 0.29) is 11.4 Å². The molecule has 3 nitrogen and oxygen atoms in total. The Morgan fingerprint density at radius 1 is 1.10 bits per heavy atom. The number of rotatable bonds is 5. The van der Waals surface area contributed by atoms with E-state index in [1.54, 1.807) is 0 Å². The molecule has 0 atom stereocenters. The summed E-state index contributed by atoms with van der Waals surface area (Å²) < 4.78 is 23.9. The lowest BCUT2D eigenvalue weighted by Crippen LogP contribution is -2.31. The highest BCUT2D eigenvalue weighted by Crippen LogP contribution is 2.19. The molecule has 1 aromatic rings. The second kappa shape index (κ2) is 6.35. The summed E-state index contributed by atoms with van der Waals surface area (Å²) in [4.78, 5) is 11.9. The minimum atomic E-state index is -0.628. The topological polar surface area (TPSA) is 35.5 Å². The van der Waals surface area contributed by atoms with Crippen LogP contribution in [0.2, 0.25) is 0 Å². The predicted molar refractivity (Wildman–Crippen MR) is 76.2 cm³/mol. The van der Waals surface area contributed by atoms with Crippen molar-refractivity contribution in [2.45, 2.75) is 52.2 Å². The molecule has 0 aliphatic carbocycles.